The zero-order valence-corrected chi connectivity index (χ0v) is 14.2. The molecule has 0 radical (unpaired) electrons. The molecule has 1 aromatic carbocycles. The van der Waals surface area contributed by atoms with Crippen molar-refractivity contribution in [2.45, 2.75) is 18.2 Å². The van der Waals surface area contributed by atoms with Crippen molar-refractivity contribution in [2.24, 2.45) is 0 Å². The van der Waals surface area contributed by atoms with Crippen LogP contribution in [-0.2, 0) is 21.4 Å². The van der Waals surface area contributed by atoms with E-state index in [0.717, 1.165) is 4.90 Å². The van der Waals surface area contributed by atoms with Crippen molar-refractivity contribution in [2.75, 3.05) is 11.4 Å². The Morgan fingerprint density at radius 1 is 1.25 bits per heavy atom. The van der Waals surface area contributed by atoms with Gasteiger partial charge >= 0.3 is 21.7 Å². The molecule has 28 heavy (non-hydrogen) atoms. The number of aromatic nitrogens is 3. The molecule has 1 fully saturated rings. The number of benzene rings is 1. The number of anilines is 1. The summed E-state index contributed by atoms with van der Waals surface area (Å²) < 4.78 is 96.7. The molecule has 1 saturated heterocycles. The minimum atomic E-state index is -6.28. The third kappa shape index (κ3) is 3.83. The first kappa shape index (κ1) is 19.8. The van der Waals surface area contributed by atoms with E-state index in [4.69, 9.17) is 4.74 Å². The van der Waals surface area contributed by atoms with Crippen LogP contribution < -0.4 is 9.08 Å². The van der Waals surface area contributed by atoms with Gasteiger partial charge in [-0.05, 0) is 0 Å². The molecule has 1 aliphatic rings. The van der Waals surface area contributed by atoms with Crippen LogP contribution in [-0.4, -0.2) is 47.7 Å². The molecule has 0 bridgehead atoms. The Morgan fingerprint density at radius 2 is 1.89 bits per heavy atom. The lowest BCUT2D eigenvalue weighted by molar-refractivity contribution is -0.0501. The molecule has 1 atom stereocenters. The quantitative estimate of drug-likeness (QED) is 0.407. The van der Waals surface area contributed by atoms with Gasteiger partial charge in [0.15, 0.2) is 11.6 Å². The van der Waals surface area contributed by atoms with E-state index < -0.39 is 50.9 Å². The molecule has 3 rings (SSSR count). The van der Waals surface area contributed by atoms with Crippen LogP contribution in [0.25, 0.3) is 0 Å². The van der Waals surface area contributed by atoms with Crippen molar-refractivity contribution in [3.8, 4) is 5.75 Å². The predicted molar refractivity (Wildman–Crippen MR) is 79.6 cm³/mol. The highest BCUT2D eigenvalue weighted by molar-refractivity contribution is 7.88. The molecule has 0 aliphatic carbocycles. The van der Waals surface area contributed by atoms with E-state index in [1.807, 2.05) is 0 Å². The molecule has 0 unspecified atom stereocenters. The van der Waals surface area contributed by atoms with Gasteiger partial charge in [-0.1, -0.05) is 5.21 Å². The molecule has 15 heteroatoms. The summed E-state index contributed by atoms with van der Waals surface area (Å²) in [5.41, 5.74) is -6.28. The summed E-state index contributed by atoms with van der Waals surface area (Å²) in [7, 11) is -6.28. The lowest BCUT2D eigenvalue weighted by Gasteiger charge is -2.16. The molecule has 0 saturated carbocycles. The number of rotatable bonds is 5. The summed E-state index contributed by atoms with van der Waals surface area (Å²) in [5, 5.41) is 7.22. The molecule has 9 nitrogen and oxygen atoms in total. The number of amides is 1. The van der Waals surface area contributed by atoms with Crippen LogP contribution in [0, 0.1) is 11.6 Å². The van der Waals surface area contributed by atoms with E-state index in [2.05, 4.69) is 14.5 Å². The van der Waals surface area contributed by atoms with E-state index in [1.54, 1.807) is 0 Å². The molecule has 2 aromatic rings. The van der Waals surface area contributed by atoms with Crippen molar-refractivity contribution in [1.29, 1.82) is 0 Å². The number of cyclic esters (lactones) is 1. The van der Waals surface area contributed by atoms with E-state index in [9.17, 15) is 35.2 Å². The van der Waals surface area contributed by atoms with Gasteiger partial charge in [0.25, 0.3) is 0 Å². The fourth-order valence-corrected chi connectivity index (χ4v) is 2.78. The summed E-state index contributed by atoms with van der Waals surface area (Å²) in [5.74, 6) is -5.28. The van der Waals surface area contributed by atoms with Crippen LogP contribution >= 0.6 is 0 Å². The molecular weight excluding hydrogens is 419 g/mol. The Balaban J connectivity index is 1.81. The lowest BCUT2D eigenvalue weighted by atomic mass is 10.2. The summed E-state index contributed by atoms with van der Waals surface area (Å²) in [4.78, 5) is 12.7. The SMILES string of the molecule is O=C1O[C@@H](Cn2ccnn2)CN1c1cc(F)c(OS(=O)(=O)C(F)(F)F)c(F)c1. The molecule has 0 N–H and O–H groups in total. The highest BCUT2D eigenvalue weighted by atomic mass is 32.2. The Bertz CT molecular complexity index is 972. The Hall–Kier alpha value is -2.97. The first-order valence-electron chi connectivity index (χ1n) is 7.30. The van der Waals surface area contributed by atoms with Crippen LogP contribution in [0.2, 0.25) is 0 Å². The van der Waals surface area contributed by atoms with Crippen molar-refractivity contribution in [3.05, 3.63) is 36.2 Å². The average molecular weight is 428 g/mol. The molecule has 1 amide bonds. The second-order valence-electron chi connectivity index (χ2n) is 5.46. The number of carbonyl (C=O) groups is 1. The Morgan fingerprint density at radius 3 is 2.43 bits per heavy atom. The minimum absolute atomic E-state index is 0.0955. The zero-order valence-electron chi connectivity index (χ0n) is 13.4. The van der Waals surface area contributed by atoms with Gasteiger partial charge in [-0.25, -0.2) is 18.3 Å². The fourth-order valence-electron chi connectivity index (χ4n) is 2.31. The number of hydrogen-bond acceptors (Lipinski definition) is 7. The van der Waals surface area contributed by atoms with Gasteiger partial charge in [0.05, 0.1) is 25.0 Å². The predicted octanol–water partition coefficient (Wildman–Crippen LogP) is 1.81. The van der Waals surface area contributed by atoms with Crippen molar-refractivity contribution in [1.82, 2.24) is 15.0 Å². The highest BCUT2D eigenvalue weighted by Crippen LogP contribution is 2.34. The second-order valence-corrected chi connectivity index (χ2v) is 7.00. The van der Waals surface area contributed by atoms with Gasteiger partial charge in [0.2, 0.25) is 5.75 Å². The molecule has 0 spiro atoms. The maximum atomic E-state index is 14.0. The van der Waals surface area contributed by atoms with Crippen LogP contribution in [0.3, 0.4) is 0 Å². The van der Waals surface area contributed by atoms with E-state index in [0.29, 0.717) is 12.1 Å². The lowest BCUT2D eigenvalue weighted by Crippen LogP contribution is -2.29. The van der Waals surface area contributed by atoms with E-state index in [1.165, 1.54) is 17.1 Å². The highest BCUT2D eigenvalue weighted by Gasteiger charge is 2.49. The molecule has 2 heterocycles. The van der Waals surface area contributed by atoms with Crippen molar-refractivity contribution in [3.63, 3.8) is 0 Å². The standard InChI is InChI=1S/C13H9F5N4O5S/c14-9-3-7(4-10(15)11(9)27-28(24,25)13(16,17)18)22-6-8(26-12(22)23)5-21-2-1-19-20-21/h1-4,8H,5-6H2/t8-/m0/s1. The Labute approximate surface area is 153 Å². The van der Waals surface area contributed by atoms with Crippen molar-refractivity contribution >= 4 is 21.9 Å². The number of hydrogen-bond donors (Lipinski definition) is 0. The second kappa shape index (κ2) is 6.88. The van der Waals surface area contributed by atoms with Gasteiger partial charge in [0.1, 0.15) is 6.10 Å². The first-order valence-corrected chi connectivity index (χ1v) is 8.71. The number of alkyl halides is 3. The number of halogens is 5. The zero-order chi connectivity index (χ0) is 20.7. The normalized spacial score (nSPS) is 17.7. The number of nitrogens with zero attached hydrogens (tertiary/aromatic N) is 4. The summed E-state index contributed by atoms with van der Waals surface area (Å²) in [6.45, 7) is -0.0587. The van der Waals surface area contributed by atoms with Crippen molar-refractivity contribution < 1.29 is 44.1 Å². The van der Waals surface area contributed by atoms with Crippen LogP contribution in [0.5, 0.6) is 5.75 Å². The summed E-state index contributed by atoms with van der Waals surface area (Å²) in [6, 6.07) is 0.896. The third-order valence-corrected chi connectivity index (χ3v) is 4.46. The van der Waals surface area contributed by atoms with Crippen LogP contribution in [0.1, 0.15) is 0 Å². The van der Waals surface area contributed by atoms with E-state index in [-0.39, 0.29) is 13.1 Å². The fraction of sp³-hybridized carbons (Fsp3) is 0.308. The van der Waals surface area contributed by atoms with Gasteiger partial charge in [-0.15, -0.1) is 5.10 Å². The molecule has 152 valence electrons. The maximum absolute atomic E-state index is 14.0. The Kier molecular flexibility index (Phi) is 4.86. The largest absolute Gasteiger partial charge is 0.534 e. The monoisotopic (exact) mass is 428 g/mol. The van der Waals surface area contributed by atoms with Gasteiger partial charge in [0, 0.05) is 18.3 Å². The maximum Gasteiger partial charge on any atom is 0.534 e. The number of carbonyl (C=O) groups excluding carboxylic acids is 1. The first-order chi connectivity index (χ1) is 13.0. The third-order valence-electron chi connectivity index (χ3n) is 3.51. The van der Waals surface area contributed by atoms with Gasteiger partial charge in [-0.2, -0.15) is 21.6 Å². The van der Waals surface area contributed by atoms with E-state index >= 15 is 0 Å². The average Bonchev–Trinajstić information content (AvgIpc) is 3.19. The molecular formula is C13H9F5N4O5S. The topological polar surface area (TPSA) is 104 Å². The minimum Gasteiger partial charge on any atom is -0.442 e. The van der Waals surface area contributed by atoms with Gasteiger partial charge in [-0.3, -0.25) is 4.90 Å². The van der Waals surface area contributed by atoms with Crippen LogP contribution in [0.4, 0.5) is 32.4 Å². The smallest absolute Gasteiger partial charge is 0.442 e. The molecule has 1 aliphatic heterocycles. The van der Waals surface area contributed by atoms with Crippen LogP contribution in [0.15, 0.2) is 24.5 Å². The summed E-state index contributed by atoms with van der Waals surface area (Å²) in [6.07, 6.45) is 1.15. The number of ether oxygens (including phenoxy) is 1. The summed E-state index contributed by atoms with van der Waals surface area (Å²) >= 11 is 0. The van der Waals surface area contributed by atoms with Gasteiger partial charge < -0.3 is 8.92 Å². The molecule has 1 aromatic heterocycles.